The molecule has 0 bridgehead atoms. The summed E-state index contributed by atoms with van der Waals surface area (Å²) in [5.74, 6) is -0.00825. The van der Waals surface area contributed by atoms with Crippen LogP contribution in [0.1, 0.15) is 42.3 Å². The Balaban J connectivity index is 1.68. The average molecular weight is 514 g/mol. The summed E-state index contributed by atoms with van der Waals surface area (Å²) < 4.78 is 18.8. The van der Waals surface area contributed by atoms with Gasteiger partial charge in [-0.3, -0.25) is 9.69 Å². The number of aromatic nitrogens is 2. The van der Waals surface area contributed by atoms with Crippen molar-refractivity contribution in [1.82, 2.24) is 15.3 Å². The van der Waals surface area contributed by atoms with Crippen molar-refractivity contribution in [2.75, 3.05) is 23.8 Å². The fourth-order valence-electron chi connectivity index (χ4n) is 3.33. The Labute approximate surface area is 214 Å². The van der Waals surface area contributed by atoms with Gasteiger partial charge in [-0.15, -0.1) is 0 Å². The van der Waals surface area contributed by atoms with Crippen molar-refractivity contribution in [3.8, 4) is 0 Å². The Bertz CT molecular complexity index is 1230. The van der Waals surface area contributed by atoms with Crippen LogP contribution in [0.5, 0.6) is 0 Å². The summed E-state index contributed by atoms with van der Waals surface area (Å²) >= 11 is 6.05. The molecule has 1 aromatic carbocycles. The molecule has 2 amide bonds. The molecule has 0 radical (unpaired) electrons. The first kappa shape index (κ1) is 26.9. The summed E-state index contributed by atoms with van der Waals surface area (Å²) in [5, 5.41) is 6.18. The number of benzene rings is 1. The van der Waals surface area contributed by atoms with Crippen LogP contribution in [0.3, 0.4) is 0 Å². The van der Waals surface area contributed by atoms with E-state index in [9.17, 15) is 14.0 Å². The van der Waals surface area contributed by atoms with Gasteiger partial charge in [-0.25, -0.2) is 19.2 Å². The van der Waals surface area contributed by atoms with Crippen LogP contribution in [-0.2, 0) is 17.7 Å². The molecule has 2 aromatic heterocycles. The molecule has 2 N–H and O–H groups in total. The Kier molecular flexibility index (Phi) is 8.82. The van der Waals surface area contributed by atoms with Crippen LogP contribution >= 0.6 is 11.6 Å². The number of anilines is 2. The van der Waals surface area contributed by atoms with Crippen molar-refractivity contribution in [1.29, 1.82) is 0 Å². The molecule has 0 saturated heterocycles. The number of amides is 2. The minimum absolute atomic E-state index is 0.112. The van der Waals surface area contributed by atoms with E-state index in [1.54, 1.807) is 58.3 Å². The van der Waals surface area contributed by atoms with E-state index in [1.807, 2.05) is 6.07 Å². The van der Waals surface area contributed by atoms with Crippen molar-refractivity contribution in [3.05, 3.63) is 82.4 Å². The lowest BCUT2D eigenvalue weighted by atomic mass is 10.1. The summed E-state index contributed by atoms with van der Waals surface area (Å²) in [4.78, 5) is 35.3. The first-order valence-corrected chi connectivity index (χ1v) is 11.7. The molecule has 0 unspecified atom stereocenters. The Morgan fingerprint density at radius 1 is 1.14 bits per heavy atom. The fraction of sp³-hybridized carbons (Fsp3) is 0.308. The summed E-state index contributed by atoms with van der Waals surface area (Å²) in [7, 11) is 1.56. The van der Waals surface area contributed by atoms with Crippen molar-refractivity contribution < 1.29 is 18.7 Å². The smallest absolute Gasteiger partial charge is 0.415 e. The topological polar surface area (TPSA) is 96.5 Å². The van der Waals surface area contributed by atoms with Gasteiger partial charge in [0.15, 0.2) is 0 Å². The lowest BCUT2D eigenvalue weighted by Gasteiger charge is -2.25. The van der Waals surface area contributed by atoms with Gasteiger partial charge in [0.1, 0.15) is 28.2 Å². The van der Waals surface area contributed by atoms with E-state index >= 15 is 0 Å². The number of pyridine rings is 2. The van der Waals surface area contributed by atoms with Gasteiger partial charge in [0, 0.05) is 31.9 Å². The highest BCUT2D eigenvalue weighted by Gasteiger charge is 2.23. The van der Waals surface area contributed by atoms with Gasteiger partial charge < -0.3 is 15.4 Å². The maximum atomic E-state index is 13.4. The summed E-state index contributed by atoms with van der Waals surface area (Å²) in [5.41, 5.74) is 1.08. The monoisotopic (exact) mass is 513 g/mol. The van der Waals surface area contributed by atoms with E-state index in [4.69, 9.17) is 16.3 Å². The predicted octanol–water partition coefficient (Wildman–Crippen LogP) is 5.23. The molecule has 8 nitrogen and oxygen atoms in total. The third kappa shape index (κ3) is 7.64. The first-order valence-electron chi connectivity index (χ1n) is 11.4. The lowest BCUT2D eigenvalue weighted by molar-refractivity contribution is 0.0588. The maximum absolute atomic E-state index is 13.4. The summed E-state index contributed by atoms with van der Waals surface area (Å²) in [6, 6.07) is 12.9. The minimum atomic E-state index is -0.659. The van der Waals surface area contributed by atoms with E-state index in [0.717, 1.165) is 5.56 Å². The van der Waals surface area contributed by atoms with Crippen molar-refractivity contribution >= 4 is 35.2 Å². The number of hydrogen-bond donors (Lipinski definition) is 2. The number of halogens is 2. The molecule has 0 aliphatic carbocycles. The fourth-order valence-corrected chi connectivity index (χ4v) is 3.48. The van der Waals surface area contributed by atoms with Crippen molar-refractivity contribution in [3.63, 3.8) is 0 Å². The van der Waals surface area contributed by atoms with Crippen LogP contribution in [-0.4, -0.2) is 41.2 Å². The van der Waals surface area contributed by atoms with E-state index in [-0.39, 0.29) is 23.4 Å². The third-order valence-corrected chi connectivity index (χ3v) is 5.20. The molecule has 10 heteroatoms. The summed E-state index contributed by atoms with van der Waals surface area (Å²) in [6.45, 7) is 5.87. The number of hydrogen-bond acceptors (Lipinski definition) is 6. The second kappa shape index (κ2) is 11.8. The van der Waals surface area contributed by atoms with E-state index in [2.05, 4.69) is 20.6 Å². The molecule has 36 heavy (non-hydrogen) atoms. The van der Waals surface area contributed by atoms with Crippen LogP contribution in [0.25, 0.3) is 0 Å². The maximum Gasteiger partial charge on any atom is 0.415 e. The van der Waals surface area contributed by atoms with Gasteiger partial charge in [0.25, 0.3) is 5.91 Å². The number of nitrogens with one attached hydrogen (secondary N) is 2. The molecule has 0 fully saturated rings. The Morgan fingerprint density at radius 3 is 2.64 bits per heavy atom. The molecule has 0 aliphatic rings. The zero-order valence-electron chi connectivity index (χ0n) is 20.6. The summed E-state index contributed by atoms with van der Waals surface area (Å²) in [6.07, 6.45) is 1.54. The number of nitrogens with zero attached hydrogens (tertiary/aromatic N) is 3. The zero-order chi connectivity index (χ0) is 26.3. The van der Waals surface area contributed by atoms with Crippen LogP contribution in [0.4, 0.5) is 20.8 Å². The highest BCUT2D eigenvalue weighted by atomic mass is 35.5. The first-order chi connectivity index (χ1) is 17.0. The van der Waals surface area contributed by atoms with Gasteiger partial charge in [-0.2, -0.15) is 0 Å². The second-order valence-electron chi connectivity index (χ2n) is 9.05. The molecular weight excluding hydrogens is 485 g/mol. The molecular formula is C26H29ClFN5O3. The third-order valence-electron chi connectivity index (χ3n) is 4.99. The molecule has 0 aliphatic heterocycles. The van der Waals surface area contributed by atoms with Crippen LogP contribution in [0.2, 0.25) is 5.15 Å². The van der Waals surface area contributed by atoms with Gasteiger partial charge in [-0.1, -0.05) is 29.8 Å². The normalized spacial score (nSPS) is 11.1. The Morgan fingerprint density at radius 2 is 1.92 bits per heavy atom. The lowest BCUT2D eigenvalue weighted by Crippen LogP contribution is -2.35. The molecule has 0 atom stereocenters. The molecule has 2 heterocycles. The molecule has 3 rings (SSSR count). The molecule has 3 aromatic rings. The number of carbonyl (C=O) groups is 2. The number of rotatable bonds is 8. The molecule has 0 saturated carbocycles. The minimum Gasteiger partial charge on any atom is -0.443 e. The largest absolute Gasteiger partial charge is 0.443 e. The van der Waals surface area contributed by atoms with Crippen LogP contribution < -0.4 is 15.5 Å². The standard InChI is InChI=1S/C26H29ClFN5O3/c1-26(2,3)36-25(35)33(4)23-18(8-6-13-30-23)16-31-24(34)20-10-11-21(27)32-22(20)29-14-12-17-7-5-9-19(28)15-17/h5-11,13,15H,12,14,16H2,1-4H3,(H,29,32)(H,31,34). The Hall–Kier alpha value is -3.72. The van der Waals surface area contributed by atoms with Gasteiger partial charge in [0.05, 0.1) is 5.56 Å². The highest BCUT2D eigenvalue weighted by Crippen LogP contribution is 2.20. The number of carbonyl (C=O) groups excluding carboxylic acids is 2. The van der Waals surface area contributed by atoms with E-state index in [0.29, 0.717) is 35.7 Å². The van der Waals surface area contributed by atoms with Crippen molar-refractivity contribution in [2.24, 2.45) is 0 Å². The molecule has 190 valence electrons. The number of ether oxygens (including phenoxy) is 1. The molecule has 0 spiro atoms. The predicted molar refractivity (Wildman–Crippen MR) is 138 cm³/mol. The quantitative estimate of drug-likeness (QED) is 0.401. The highest BCUT2D eigenvalue weighted by molar-refractivity contribution is 6.29. The van der Waals surface area contributed by atoms with Crippen LogP contribution in [0, 0.1) is 5.82 Å². The van der Waals surface area contributed by atoms with Gasteiger partial charge in [0.2, 0.25) is 0 Å². The average Bonchev–Trinajstić information content (AvgIpc) is 2.81. The van der Waals surface area contributed by atoms with Gasteiger partial charge in [-0.05, 0) is 63.1 Å². The second-order valence-corrected chi connectivity index (χ2v) is 9.43. The van der Waals surface area contributed by atoms with E-state index < -0.39 is 11.7 Å². The van der Waals surface area contributed by atoms with Crippen LogP contribution in [0.15, 0.2) is 54.7 Å². The zero-order valence-corrected chi connectivity index (χ0v) is 21.4. The van der Waals surface area contributed by atoms with Crippen molar-refractivity contribution in [2.45, 2.75) is 39.3 Å². The van der Waals surface area contributed by atoms with E-state index in [1.165, 1.54) is 23.1 Å². The SMILES string of the molecule is CN(C(=O)OC(C)(C)C)c1ncccc1CNC(=O)c1ccc(Cl)nc1NCCc1cccc(F)c1. The van der Waals surface area contributed by atoms with Gasteiger partial charge >= 0.3 is 6.09 Å².